The maximum Gasteiger partial charge on any atom is 0.179 e. The monoisotopic (exact) mass is 282 g/mol. The molecule has 0 fully saturated rings. The van der Waals surface area contributed by atoms with Crippen LogP contribution in [0.15, 0.2) is 40.1 Å². The summed E-state index contributed by atoms with van der Waals surface area (Å²) in [5.41, 5.74) is 1.12. The Labute approximate surface area is 111 Å². The molecule has 1 atom stereocenters. The van der Waals surface area contributed by atoms with E-state index in [2.05, 4.69) is 10.3 Å². The highest BCUT2D eigenvalue weighted by Gasteiger charge is 2.16. The van der Waals surface area contributed by atoms with Crippen LogP contribution in [-0.4, -0.2) is 19.7 Å². The molecule has 0 saturated heterocycles. The second-order valence-corrected chi connectivity index (χ2v) is 6.81. The molecule has 18 heavy (non-hydrogen) atoms. The molecule has 1 unspecified atom stereocenters. The number of nitrogens with one attached hydrogen (secondary N) is 1. The Morgan fingerprint density at radius 3 is 2.78 bits per heavy atom. The Balaban J connectivity index is 2.30. The third kappa shape index (κ3) is 2.88. The normalized spacial score (nSPS) is 13.2. The summed E-state index contributed by atoms with van der Waals surface area (Å²) in [4.78, 5) is 4.34. The highest BCUT2D eigenvalue weighted by Crippen LogP contribution is 2.24. The summed E-state index contributed by atoms with van der Waals surface area (Å²) in [6, 6.07) is 5.21. The van der Waals surface area contributed by atoms with Gasteiger partial charge in [-0.25, -0.2) is 13.4 Å². The topological polar surface area (TPSA) is 59.1 Å². The third-order valence-electron chi connectivity index (χ3n) is 2.57. The summed E-state index contributed by atoms with van der Waals surface area (Å²) < 4.78 is 23.3. The Kier molecular flexibility index (Phi) is 3.68. The number of anilines is 1. The summed E-state index contributed by atoms with van der Waals surface area (Å²) >= 11 is 1.61. The largest absolute Gasteiger partial charge is 0.362 e. The first kappa shape index (κ1) is 13.0. The van der Waals surface area contributed by atoms with Crippen molar-refractivity contribution in [1.82, 2.24) is 4.98 Å². The van der Waals surface area contributed by atoms with Gasteiger partial charge in [-0.1, -0.05) is 0 Å². The molecule has 2 aromatic rings. The lowest BCUT2D eigenvalue weighted by Crippen LogP contribution is -2.11. The predicted molar refractivity (Wildman–Crippen MR) is 73.7 cm³/mol. The molecule has 0 saturated carbocycles. The van der Waals surface area contributed by atoms with Gasteiger partial charge in [0, 0.05) is 12.5 Å². The van der Waals surface area contributed by atoms with Crippen molar-refractivity contribution in [3.05, 3.63) is 40.7 Å². The van der Waals surface area contributed by atoms with E-state index < -0.39 is 9.84 Å². The quantitative estimate of drug-likeness (QED) is 0.936. The van der Waals surface area contributed by atoms with Gasteiger partial charge in [0.2, 0.25) is 0 Å². The number of aromatic nitrogens is 1. The van der Waals surface area contributed by atoms with E-state index in [1.165, 1.54) is 6.26 Å². The predicted octanol–water partition coefficient (Wildman–Crippen LogP) is 2.72. The standard InChI is InChI=1S/C12H14N2O2S2/c1-9(10-5-7-17-8-10)14-12-11(18(2,15)16)4-3-6-13-12/h3-9H,1-2H3,(H,13,14). The zero-order valence-corrected chi connectivity index (χ0v) is 11.8. The Morgan fingerprint density at radius 2 is 2.17 bits per heavy atom. The van der Waals surface area contributed by atoms with Crippen LogP contribution in [0.5, 0.6) is 0 Å². The molecule has 0 aromatic carbocycles. The number of nitrogens with zero attached hydrogens (tertiary/aromatic N) is 1. The average molecular weight is 282 g/mol. The van der Waals surface area contributed by atoms with Crippen molar-refractivity contribution in [3.8, 4) is 0 Å². The van der Waals surface area contributed by atoms with Gasteiger partial charge >= 0.3 is 0 Å². The molecule has 0 aliphatic heterocycles. The van der Waals surface area contributed by atoms with Crippen LogP contribution < -0.4 is 5.32 Å². The van der Waals surface area contributed by atoms with E-state index >= 15 is 0 Å². The number of thiophene rings is 1. The minimum absolute atomic E-state index is 0.0200. The summed E-state index contributed by atoms with van der Waals surface area (Å²) in [5.74, 6) is 0.402. The Bertz CT molecular complexity index is 621. The second-order valence-electron chi connectivity index (χ2n) is 4.05. The molecular weight excluding hydrogens is 268 g/mol. The zero-order chi connectivity index (χ0) is 13.2. The molecule has 4 nitrogen and oxygen atoms in total. The summed E-state index contributed by atoms with van der Waals surface area (Å²) in [6.45, 7) is 1.97. The van der Waals surface area contributed by atoms with E-state index in [4.69, 9.17) is 0 Å². The molecule has 2 heterocycles. The number of sulfone groups is 1. The summed E-state index contributed by atoms with van der Waals surface area (Å²) in [5, 5.41) is 7.15. The minimum Gasteiger partial charge on any atom is -0.362 e. The molecule has 0 amide bonds. The van der Waals surface area contributed by atoms with Crippen LogP contribution in [0.2, 0.25) is 0 Å². The maximum atomic E-state index is 11.6. The Morgan fingerprint density at radius 1 is 1.39 bits per heavy atom. The smallest absolute Gasteiger partial charge is 0.179 e. The van der Waals surface area contributed by atoms with Gasteiger partial charge in [-0.05, 0) is 41.4 Å². The summed E-state index contributed by atoms with van der Waals surface area (Å²) in [7, 11) is -3.27. The first-order valence-electron chi connectivity index (χ1n) is 5.42. The molecule has 1 N–H and O–H groups in total. The molecule has 96 valence electrons. The van der Waals surface area contributed by atoms with Crippen LogP contribution in [0.1, 0.15) is 18.5 Å². The van der Waals surface area contributed by atoms with Crippen molar-refractivity contribution >= 4 is 27.0 Å². The first-order chi connectivity index (χ1) is 8.48. The molecule has 2 rings (SSSR count). The van der Waals surface area contributed by atoms with Crippen molar-refractivity contribution in [2.24, 2.45) is 0 Å². The fourth-order valence-corrected chi connectivity index (χ4v) is 3.15. The molecule has 0 aliphatic rings. The van der Waals surface area contributed by atoms with Crippen LogP contribution in [-0.2, 0) is 9.84 Å². The third-order valence-corrected chi connectivity index (χ3v) is 4.40. The van der Waals surface area contributed by atoms with Crippen LogP contribution in [0.4, 0.5) is 5.82 Å². The molecule has 0 radical (unpaired) electrons. The lowest BCUT2D eigenvalue weighted by molar-refractivity contribution is 0.601. The van der Waals surface area contributed by atoms with Crippen LogP contribution in [0.25, 0.3) is 0 Å². The lowest BCUT2D eigenvalue weighted by atomic mass is 10.2. The molecule has 0 bridgehead atoms. The SMILES string of the molecule is CC(Nc1ncccc1S(C)(=O)=O)c1ccsc1. The van der Waals surface area contributed by atoms with Crippen molar-refractivity contribution in [1.29, 1.82) is 0 Å². The minimum atomic E-state index is -3.27. The number of rotatable bonds is 4. The number of hydrogen-bond acceptors (Lipinski definition) is 5. The Hall–Kier alpha value is -1.40. The van der Waals surface area contributed by atoms with Gasteiger partial charge in [-0.15, -0.1) is 0 Å². The highest BCUT2D eigenvalue weighted by molar-refractivity contribution is 7.90. The number of hydrogen-bond donors (Lipinski definition) is 1. The van der Waals surface area contributed by atoms with Crippen molar-refractivity contribution in [2.45, 2.75) is 17.9 Å². The van der Waals surface area contributed by atoms with E-state index in [1.807, 2.05) is 23.8 Å². The maximum absolute atomic E-state index is 11.6. The molecular formula is C12H14N2O2S2. The van der Waals surface area contributed by atoms with Crippen LogP contribution in [0, 0.1) is 0 Å². The van der Waals surface area contributed by atoms with E-state index in [9.17, 15) is 8.42 Å². The van der Waals surface area contributed by atoms with Gasteiger partial charge in [0.1, 0.15) is 10.7 Å². The van der Waals surface area contributed by atoms with Gasteiger partial charge in [-0.2, -0.15) is 11.3 Å². The molecule has 6 heteroatoms. The van der Waals surface area contributed by atoms with Crippen molar-refractivity contribution in [2.75, 3.05) is 11.6 Å². The van der Waals surface area contributed by atoms with Gasteiger partial charge in [0.15, 0.2) is 9.84 Å². The van der Waals surface area contributed by atoms with Crippen molar-refractivity contribution in [3.63, 3.8) is 0 Å². The van der Waals surface area contributed by atoms with E-state index in [1.54, 1.807) is 29.7 Å². The van der Waals surface area contributed by atoms with Gasteiger partial charge in [0.25, 0.3) is 0 Å². The second kappa shape index (κ2) is 5.07. The van der Waals surface area contributed by atoms with Gasteiger partial charge in [-0.3, -0.25) is 0 Å². The fraction of sp³-hybridized carbons (Fsp3) is 0.250. The van der Waals surface area contributed by atoms with E-state index in [0.29, 0.717) is 5.82 Å². The van der Waals surface area contributed by atoms with Gasteiger partial charge < -0.3 is 5.32 Å². The molecule has 0 spiro atoms. The molecule has 2 aromatic heterocycles. The first-order valence-corrected chi connectivity index (χ1v) is 8.25. The van der Waals surface area contributed by atoms with E-state index in [-0.39, 0.29) is 10.9 Å². The highest BCUT2D eigenvalue weighted by atomic mass is 32.2. The van der Waals surface area contributed by atoms with Crippen LogP contribution in [0.3, 0.4) is 0 Å². The van der Waals surface area contributed by atoms with Crippen molar-refractivity contribution < 1.29 is 8.42 Å². The fourth-order valence-electron chi connectivity index (χ4n) is 1.61. The summed E-state index contributed by atoms with van der Waals surface area (Å²) in [6.07, 6.45) is 2.77. The lowest BCUT2D eigenvalue weighted by Gasteiger charge is -2.15. The average Bonchev–Trinajstić information content (AvgIpc) is 2.81. The number of pyridine rings is 1. The molecule has 0 aliphatic carbocycles. The van der Waals surface area contributed by atoms with Crippen LogP contribution >= 0.6 is 11.3 Å². The zero-order valence-electron chi connectivity index (χ0n) is 10.1. The van der Waals surface area contributed by atoms with Gasteiger partial charge in [0.05, 0.1) is 6.04 Å². The van der Waals surface area contributed by atoms with E-state index in [0.717, 1.165) is 5.56 Å².